The van der Waals surface area contributed by atoms with Gasteiger partial charge in [0.25, 0.3) is 0 Å². The Morgan fingerprint density at radius 1 is 0.430 bits per heavy atom. The number of amides is 1. The van der Waals surface area contributed by atoms with Crippen LogP contribution in [0.4, 0.5) is 0 Å². The highest BCUT2D eigenvalue weighted by molar-refractivity contribution is 5.76. The number of ether oxygens (including phenoxy) is 4. The van der Waals surface area contributed by atoms with Crippen molar-refractivity contribution >= 4 is 5.91 Å². The van der Waals surface area contributed by atoms with Gasteiger partial charge in [0.05, 0.1) is 32.0 Å². The lowest BCUT2D eigenvalue weighted by atomic mass is 9.97. The molecule has 0 spiro atoms. The number of allylic oxidation sites excluding steroid dienone is 12. The van der Waals surface area contributed by atoms with Crippen LogP contribution in [-0.4, -0.2) is 140 Å². The summed E-state index contributed by atoms with van der Waals surface area (Å²) in [5.41, 5.74) is 0. The van der Waals surface area contributed by atoms with Crippen LogP contribution in [0.5, 0.6) is 0 Å². The molecule has 0 aromatic rings. The maximum Gasteiger partial charge on any atom is 0.220 e. The van der Waals surface area contributed by atoms with E-state index in [-0.39, 0.29) is 12.5 Å². The van der Waals surface area contributed by atoms with Crippen LogP contribution in [0, 0.1) is 0 Å². The molecule has 2 fully saturated rings. The van der Waals surface area contributed by atoms with Crippen LogP contribution in [0.15, 0.2) is 72.9 Å². The first-order valence-corrected chi connectivity index (χ1v) is 35.2. The average molecular weight is 1220 g/mol. The lowest BCUT2D eigenvalue weighted by molar-refractivity contribution is -0.359. The Bertz CT molecular complexity index is 1720. The molecule has 500 valence electrons. The number of aliphatic hydroxyl groups excluding tert-OH is 8. The highest BCUT2D eigenvalue weighted by atomic mass is 16.7. The zero-order valence-corrected chi connectivity index (χ0v) is 54.3. The first-order valence-electron chi connectivity index (χ1n) is 35.2. The second kappa shape index (κ2) is 56.4. The Morgan fingerprint density at radius 2 is 0.802 bits per heavy atom. The molecule has 0 aliphatic carbocycles. The topological polar surface area (TPSA) is 228 Å². The minimum absolute atomic E-state index is 0.208. The zero-order chi connectivity index (χ0) is 62.3. The normalized spacial score (nSPS) is 23.8. The zero-order valence-electron chi connectivity index (χ0n) is 54.3. The summed E-state index contributed by atoms with van der Waals surface area (Å²) in [4.78, 5) is 13.4. The summed E-state index contributed by atoms with van der Waals surface area (Å²) in [6, 6.07) is -0.834. The molecule has 2 rings (SSSR count). The molecule has 0 aromatic carbocycles. The number of carbonyl (C=O) groups excluding carboxylic acids is 1. The first-order chi connectivity index (χ1) is 42.1. The fraction of sp³-hybridized carbons (Fsp3) is 0.819. The van der Waals surface area contributed by atoms with Crippen molar-refractivity contribution in [2.24, 2.45) is 0 Å². The maximum absolute atomic E-state index is 13.4. The van der Waals surface area contributed by atoms with Gasteiger partial charge in [-0.15, -0.1) is 0 Å². The van der Waals surface area contributed by atoms with Gasteiger partial charge >= 0.3 is 0 Å². The number of hydrogen-bond acceptors (Lipinski definition) is 13. The van der Waals surface area contributed by atoms with Crippen molar-refractivity contribution < 1.29 is 64.6 Å². The summed E-state index contributed by atoms with van der Waals surface area (Å²) in [5, 5.41) is 87.6. The van der Waals surface area contributed by atoms with E-state index in [0.29, 0.717) is 12.8 Å². The molecule has 2 saturated heterocycles. The Labute approximate surface area is 523 Å². The minimum atomic E-state index is -1.79. The summed E-state index contributed by atoms with van der Waals surface area (Å²) in [7, 11) is 0. The molecule has 2 aliphatic heterocycles. The number of hydrogen-bond donors (Lipinski definition) is 9. The largest absolute Gasteiger partial charge is 0.394 e. The van der Waals surface area contributed by atoms with Crippen LogP contribution < -0.4 is 5.32 Å². The molecule has 12 unspecified atom stereocenters. The predicted octanol–water partition coefficient (Wildman–Crippen LogP) is 14.2. The summed E-state index contributed by atoms with van der Waals surface area (Å²) >= 11 is 0. The molecule has 14 heteroatoms. The molecule has 12 atom stereocenters. The highest BCUT2D eigenvalue weighted by Crippen LogP contribution is 2.30. The van der Waals surface area contributed by atoms with Crippen molar-refractivity contribution in [3.63, 3.8) is 0 Å². The molecule has 0 radical (unpaired) electrons. The van der Waals surface area contributed by atoms with E-state index in [0.717, 1.165) is 96.3 Å². The SMILES string of the molecule is CC/C=C\C/C=C\C/C=C\C/C=C\C/C=C\C/C=C\CCCCCCCCCCCCCCC(=O)NC(COC1OC(CO)C(OC2OC(CO)C(O)C(O)C2O)C(O)C1O)C(O)CCCCCCCCCCCCCCCCCCCCCCC. The Morgan fingerprint density at radius 3 is 1.23 bits per heavy atom. The second-order valence-corrected chi connectivity index (χ2v) is 24.6. The molecule has 0 saturated carbocycles. The Hall–Kier alpha value is -2.57. The van der Waals surface area contributed by atoms with Gasteiger partial charge in [0, 0.05) is 6.42 Å². The van der Waals surface area contributed by atoms with E-state index < -0.39 is 86.8 Å². The number of aliphatic hydroxyl groups is 8. The van der Waals surface area contributed by atoms with Gasteiger partial charge in [-0.2, -0.15) is 0 Å². The Balaban J connectivity index is 1.66. The molecule has 2 aliphatic rings. The fourth-order valence-corrected chi connectivity index (χ4v) is 11.4. The van der Waals surface area contributed by atoms with E-state index in [1.807, 2.05) is 0 Å². The van der Waals surface area contributed by atoms with Crippen molar-refractivity contribution in [3.8, 4) is 0 Å². The second-order valence-electron chi connectivity index (χ2n) is 24.6. The van der Waals surface area contributed by atoms with E-state index >= 15 is 0 Å². The predicted molar refractivity (Wildman–Crippen MR) is 350 cm³/mol. The molecule has 1 amide bonds. The number of rotatable bonds is 57. The molecule has 2 heterocycles. The van der Waals surface area contributed by atoms with E-state index in [1.54, 1.807) is 0 Å². The quantitative estimate of drug-likeness (QED) is 0.0204. The molecule has 0 aromatic heterocycles. The van der Waals surface area contributed by atoms with Crippen molar-refractivity contribution in [3.05, 3.63) is 72.9 Å². The van der Waals surface area contributed by atoms with Crippen LogP contribution in [0.3, 0.4) is 0 Å². The van der Waals surface area contributed by atoms with E-state index in [2.05, 4.69) is 92.1 Å². The molecular formula is C72H129NO13. The summed E-state index contributed by atoms with van der Waals surface area (Å²) in [5.74, 6) is -0.208. The standard InChI is InChI=1S/C72H129NO13/c1-3-5-7-9-11-13-15-17-19-21-23-25-26-27-28-29-30-31-32-33-34-36-38-40-42-44-46-48-50-52-54-56-64(77)73-60(61(76)55-53-51-49-47-45-43-41-39-37-35-24-22-20-18-16-14-12-10-8-6-4-2)59-83-71-69(82)67(80)70(63(58-75)85-71)86-72-68(81)66(79)65(78)62(57-74)84-72/h5,7,11,13,17,19,23,25,27-28,30-31,60-63,65-72,74-76,78-82H,3-4,6,8-10,12,14-16,18,20-22,24,26,29,32-59H2,1-2H3,(H,73,77)/b7-5-,13-11-,19-17-,25-23-,28-27-,31-30-. The third-order valence-electron chi connectivity index (χ3n) is 16.9. The van der Waals surface area contributed by atoms with Crippen LogP contribution in [-0.2, 0) is 23.7 Å². The van der Waals surface area contributed by atoms with Crippen LogP contribution >= 0.6 is 0 Å². The number of unbranched alkanes of at least 4 members (excludes halogenated alkanes) is 32. The van der Waals surface area contributed by atoms with Gasteiger partial charge in [-0.25, -0.2) is 0 Å². The number of nitrogens with one attached hydrogen (secondary N) is 1. The van der Waals surface area contributed by atoms with E-state index in [4.69, 9.17) is 18.9 Å². The van der Waals surface area contributed by atoms with Crippen LogP contribution in [0.2, 0.25) is 0 Å². The fourth-order valence-electron chi connectivity index (χ4n) is 11.4. The van der Waals surface area contributed by atoms with E-state index in [1.165, 1.54) is 161 Å². The van der Waals surface area contributed by atoms with Crippen molar-refractivity contribution in [2.75, 3.05) is 19.8 Å². The monoisotopic (exact) mass is 1220 g/mol. The molecule has 14 nitrogen and oxygen atoms in total. The molecule has 9 N–H and O–H groups in total. The third-order valence-corrected chi connectivity index (χ3v) is 16.9. The van der Waals surface area contributed by atoms with Crippen LogP contribution in [0.25, 0.3) is 0 Å². The average Bonchev–Trinajstić information content (AvgIpc) is 2.54. The first kappa shape index (κ1) is 79.5. The van der Waals surface area contributed by atoms with Crippen molar-refractivity contribution in [2.45, 2.75) is 357 Å². The maximum atomic E-state index is 13.4. The van der Waals surface area contributed by atoms with E-state index in [9.17, 15) is 45.6 Å². The molecular weight excluding hydrogens is 1090 g/mol. The minimum Gasteiger partial charge on any atom is -0.394 e. The van der Waals surface area contributed by atoms with Crippen molar-refractivity contribution in [1.82, 2.24) is 5.32 Å². The van der Waals surface area contributed by atoms with Crippen molar-refractivity contribution in [1.29, 1.82) is 0 Å². The summed E-state index contributed by atoms with van der Waals surface area (Å²) in [6.45, 7) is 2.78. The van der Waals surface area contributed by atoms with Gasteiger partial charge in [-0.05, 0) is 64.2 Å². The third kappa shape index (κ3) is 40.2. The number of carbonyl (C=O) groups is 1. The van der Waals surface area contributed by atoms with Crippen LogP contribution in [0.1, 0.15) is 284 Å². The van der Waals surface area contributed by atoms with Gasteiger partial charge in [-0.1, -0.05) is 286 Å². The molecule has 0 bridgehead atoms. The van der Waals surface area contributed by atoms with Gasteiger partial charge in [-0.3, -0.25) is 4.79 Å². The smallest absolute Gasteiger partial charge is 0.220 e. The van der Waals surface area contributed by atoms with Gasteiger partial charge < -0.3 is 65.1 Å². The highest BCUT2D eigenvalue weighted by Gasteiger charge is 2.51. The van der Waals surface area contributed by atoms with Gasteiger partial charge in [0.2, 0.25) is 5.91 Å². The Kier molecular flexibility index (Phi) is 52.2. The van der Waals surface area contributed by atoms with Gasteiger partial charge in [0.15, 0.2) is 12.6 Å². The lowest BCUT2D eigenvalue weighted by Crippen LogP contribution is -2.65. The van der Waals surface area contributed by atoms with Gasteiger partial charge in [0.1, 0.15) is 48.8 Å². The summed E-state index contributed by atoms with van der Waals surface area (Å²) < 4.78 is 22.9. The lowest BCUT2D eigenvalue weighted by Gasteiger charge is -2.46. The summed E-state index contributed by atoms with van der Waals surface area (Å²) in [6.07, 6.45) is 59.0. The molecule has 86 heavy (non-hydrogen) atoms.